The summed E-state index contributed by atoms with van der Waals surface area (Å²) in [6, 6.07) is 8.37. The second kappa shape index (κ2) is 5.98. The van der Waals surface area contributed by atoms with E-state index in [1.54, 1.807) is 18.4 Å². The van der Waals surface area contributed by atoms with Crippen molar-refractivity contribution in [1.82, 2.24) is 19.7 Å². The summed E-state index contributed by atoms with van der Waals surface area (Å²) in [5, 5.41) is 18.5. The Labute approximate surface area is 149 Å². The number of carboxylic acid groups (broad SMARTS) is 1. The molecule has 8 nitrogen and oxygen atoms in total. The van der Waals surface area contributed by atoms with E-state index in [0.29, 0.717) is 23.0 Å². The van der Waals surface area contributed by atoms with Gasteiger partial charge >= 0.3 is 5.97 Å². The van der Waals surface area contributed by atoms with Crippen molar-refractivity contribution in [3.8, 4) is 0 Å². The molecular weight excluding hydrogens is 336 g/mol. The predicted octanol–water partition coefficient (Wildman–Crippen LogP) is 1.93. The maximum atomic E-state index is 13.1. The largest absolute Gasteiger partial charge is 0.480 e. The molecule has 134 valence electrons. The number of aromatic nitrogens is 3. The van der Waals surface area contributed by atoms with Crippen LogP contribution in [0.4, 0.5) is 0 Å². The van der Waals surface area contributed by atoms with Crippen LogP contribution in [-0.2, 0) is 22.7 Å². The SMILES string of the molecule is Cc1nnc2n1CC(C(=O)O)N(C(=O)C(C)c1cc3ccccc3o1)C2. The van der Waals surface area contributed by atoms with E-state index in [4.69, 9.17) is 4.42 Å². The second-order valence-electron chi connectivity index (χ2n) is 6.50. The van der Waals surface area contributed by atoms with Crippen molar-refractivity contribution in [2.75, 3.05) is 0 Å². The normalized spacial score (nSPS) is 17.9. The van der Waals surface area contributed by atoms with Crippen LogP contribution in [0.3, 0.4) is 0 Å². The number of benzene rings is 1. The number of furan rings is 1. The zero-order valence-electron chi connectivity index (χ0n) is 14.4. The van der Waals surface area contributed by atoms with Crippen LogP contribution in [0, 0.1) is 6.92 Å². The van der Waals surface area contributed by atoms with Crippen LogP contribution in [0.25, 0.3) is 11.0 Å². The van der Waals surface area contributed by atoms with Gasteiger partial charge in [-0.3, -0.25) is 4.79 Å². The van der Waals surface area contributed by atoms with Crippen molar-refractivity contribution in [3.05, 3.63) is 47.7 Å². The third-order valence-corrected chi connectivity index (χ3v) is 4.87. The van der Waals surface area contributed by atoms with Gasteiger partial charge in [-0.05, 0) is 26.0 Å². The number of nitrogens with zero attached hydrogens (tertiary/aromatic N) is 4. The summed E-state index contributed by atoms with van der Waals surface area (Å²) < 4.78 is 7.53. The number of hydrogen-bond acceptors (Lipinski definition) is 5. The van der Waals surface area contributed by atoms with Crippen LogP contribution in [0.1, 0.15) is 30.3 Å². The van der Waals surface area contributed by atoms with Crippen molar-refractivity contribution < 1.29 is 19.1 Å². The smallest absolute Gasteiger partial charge is 0.328 e. The molecule has 0 saturated carbocycles. The summed E-state index contributed by atoms with van der Waals surface area (Å²) >= 11 is 0. The van der Waals surface area contributed by atoms with Crippen LogP contribution >= 0.6 is 0 Å². The fraction of sp³-hybridized carbons (Fsp3) is 0.333. The number of amides is 1. The van der Waals surface area contributed by atoms with Crippen LogP contribution in [0.2, 0.25) is 0 Å². The van der Waals surface area contributed by atoms with Gasteiger partial charge in [0.25, 0.3) is 0 Å². The highest BCUT2D eigenvalue weighted by Crippen LogP contribution is 2.28. The molecule has 2 aromatic heterocycles. The fourth-order valence-electron chi connectivity index (χ4n) is 3.34. The first-order valence-corrected chi connectivity index (χ1v) is 8.36. The average Bonchev–Trinajstić information content (AvgIpc) is 3.23. The second-order valence-corrected chi connectivity index (χ2v) is 6.50. The summed E-state index contributed by atoms with van der Waals surface area (Å²) in [7, 11) is 0. The Bertz CT molecular complexity index is 973. The van der Waals surface area contributed by atoms with Crippen molar-refractivity contribution in [3.63, 3.8) is 0 Å². The highest BCUT2D eigenvalue weighted by Gasteiger charge is 2.38. The molecule has 4 rings (SSSR count). The lowest BCUT2D eigenvalue weighted by molar-refractivity contribution is -0.153. The van der Waals surface area contributed by atoms with Gasteiger partial charge in [-0.1, -0.05) is 18.2 Å². The molecule has 1 aromatic carbocycles. The van der Waals surface area contributed by atoms with Gasteiger partial charge in [-0.15, -0.1) is 10.2 Å². The molecular formula is C18H18N4O4. The molecule has 0 saturated heterocycles. The van der Waals surface area contributed by atoms with Gasteiger partial charge in [0.1, 0.15) is 23.2 Å². The van der Waals surface area contributed by atoms with Gasteiger partial charge in [0, 0.05) is 5.39 Å². The fourth-order valence-corrected chi connectivity index (χ4v) is 3.34. The van der Waals surface area contributed by atoms with Gasteiger partial charge in [0.2, 0.25) is 5.91 Å². The molecule has 0 bridgehead atoms. The van der Waals surface area contributed by atoms with E-state index in [-0.39, 0.29) is 19.0 Å². The molecule has 2 atom stereocenters. The Morgan fingerprint density at radius 1 is 1.31 bits per heavy atom. The first-order chi connectivity index (χ1) is 12.5. The number of rotatable bonds is 3. The van der Waals surface area contributed by atoms with E-state index in [0.717, 1.165) is 5.39 Å². The number of para-hydroxylation sites is 1. The van der Waals surface area contributed by atoms with Crippen molar-refractivity contribution in [2.24, 2.45) is 0 Å². The molecule has 0 radical (unpaired) electrons. The average molecular weight is 354 g/mol. The Balaban J connectivity index is 1.66. The quantitative estimate of drug-likeness (QED) is 0.771. The molecule has 0 aliphatic carbocycles. The highest BCUT2D eigenvalue weighted by atomic mass is 16.4. The summed E-state index contributed by atoms with van der Waals surface area (Å²) in [5.74, 6) is -0.200. The van der Waals surface area contributed by atoms with E-state index in [2.05, 4.69) is 10.2 Å². The topological polar surface area (TPSA) is 101 Å². The monoisotopic (exact) mass is 354 g/mol. The summed E-state index contributed by atoms with van der Waals surface area (Å²) in [5.41, 5.74) is 0.700. The van der Waals surface area contributed by atoms with E-state index in [9.17, 15) is 14.7 Å². The summed E-state index contributed by atoms with van der Waals surface area (Å²) in [6.07, 6.45) is 0. The molecule has 1 N–H and O–H groups in total. The molecule has 1 aliphatic heterocycles. The first-order valence-electron chi connectivity index (χ1n) is 8.36. The summed E-state index contributed by atoms with van der Waals surface area (Å²) in [6.45, 7) is 3.75. The van der Waals surface area contributed by atoms with Gasteiger partial charge in [0.05, 0.1) is 19.0 Å². The molecule has 8 heteroatoms. The maximum Gasteiger partial charge on any atom is 0.328 e. The van der Waals surface area contributed by atoms with E-state index >= 15 is 0 Å². The van der Waals surface area contributed by atoms with Crippen LogP contribution in [0.15, 0.2) is 34.7 Å². The molecule has 0 fully saturated rings. The minimum Gasteiger partial charge on any atom is -0.480 e. The first kappa shape index (κ1) is 16.3. The van der Waals surface area contributed by atoms with Crippen LogP contribution in [-0.4, -0.2) is 42.7 Å². The zero-order chi connectivity index (χ0) is 18.4. The number of carbonyl (C=O) groups excluding carboxylic acids is 1. The van der Waals surface area contributed by atoms with Gasteiger partial charge < -0.3 is 19.0 Å². The number of aliphatic carboxylic acids is 1. The number of carbonyl (C=O) groups is 2. The van der Waals surface area contributed by atoms with Crippen molar-refractivity contribution in [2.45, 2.75) is 38.9 Å². The Morgan fingerprint density at radius 3 is 2.81 bits per heavy atom. The molecule has 0 spiro atoms. The molecule has 1 amide bonds. The van der Waals surface area contributed by atoms with Gasteiger partial charge in [-0.2, -0.15) is 0 Å². The Kier molecular flexibility index (Phi) is 3.75. The lowest BCUT2D eigenvalue weighted by Crippen LogP contribution is -2.51. The number of carboxylic acids is 1. The van der Waals surface area contributed by atoms with Crippen LogP contribution < -0.4 is 0 Å². The number of hydrogen-bond donors (Lipinski definition) is 1. The van der Waals surface area contributed by atoms with Crippen molar-refractivity contribution in [1.29, 1.82) is 0 Å². The lowest BCUT2D eigenvalue weighted by atomic mass is 10.0. The number of fused-ring (bicyclic) bond motifs is 2. The molecule has 3 heterocycles. The van der Waals surface area contributed by atoms with E-state index in [1.165, 1.54) is 4.90 Å². The maximum absolute atomic E-state index is 13.1. The highest BCUT2D eigenvalue weighted by molar-refractivity contribution is 5.89. The molecule has 1 aliphatic rings. The third-order valence-electron chi connectivity index (χ3n) is 4.87. The Hall–Kier alpha value is -3.16. The van der Waals surface area contributed by atoms with Crippen LogP contribution in [0.5, 0.6) is 0 Å². The molecule has 26 heavy (non-hydrogen) atoms. The lowest BCUT2D eigenvalue weighted by Gasteiger charge is -2.34. The van der Waals surface area contributed by atoms with Crippen molar-refractivity contribution >= 4 is 22.8 Å². The van der Waals surface area contributed by atoms with Gasteiger partial charge in [-0.25, -0.2) is 4.79 Å². The van der Waals surface area contributed by atoms with Gasteiger partial charge in [0.15, 0.2) is 5.82 Å². The summed E-state index contributed by atoms with van der Waals surface area (Å²) in [4.78, 5) is 26.1. The third kappa shape index (κ3) is 2.54. The standard InChI is InChI=1S/C18H18N4O4/c1-10(15-7-12-5-3-4-6-14(12)26-15)17(23)22-9-16-20-19-11(2)21(16)8-13(22)18(24)25/h3-7,10,13H,8-9H2,1-2H3,(H,24,25). The zero-order valence-corrected chi connectivity index (χ0v) is 14.4. The minimum atomic E-state index is -1.05. The predicted molar refractivity (Wildman–Crippen MR) is 91.4 cm³/mol. The van der Waals surface area contributed by atoms with E-state index < -0.39 is 17.9 Å². The number of aryl methyl sites for hydroxylation is 1. The van der Waals surface area contributed by atoms with E-state index in [1.807, 2.05) is 30.3 Å². The molecule has 3 aromatic rings. The molecule has 2 unspecified atom stereocenters. The minimum absolute atomic E-state index is 0.112. The Morgan fingerprint density at radius 2 is 2.08 bits per heavy atom.